The molecule has 1 aliphatic rings. The summed E-state index contributed by atoms with van der Waals surface area (Å²) < 4.78 is 5.52. The summed E-state index contributed by atoms with van der Waals surface area (Å²) in [5.41, 5.74) is 2.21. The molecule has 2 aromatic rings. The molecule has 0 aliphatic carbocycles. The first-order valence-corrected chi connectivity index (χ1v) is 7.37. The summed E-state index contributed by atoms with van der Waals surface area (Å²) in [7, 11) is 0. The van der Waals surface area contributed by atoms with E-state index in [0.29, 0.717) is 23.1 Å². The predicted octanol–water partition coefficient (Wildman–Crippen LogP) is 3.54. The number of hydrogen-bond acceptors (Lipinski definition) is 3. The Balaban J connectivity index is 1.90. The largest absolute Gasteiger partial charge is 0.441 e. The van der Waals surface area contributed by atoms with Crippen LogP contribution < -0.4 is 0 Å². The summed E-state index contributed by atoms with van der Waals surface area (Å²) in [6.07, 6.45) is 4.47. The topological polar surface area (TPSA) is 46.3 Å². The van der Waals surface area contributed by atoms with Crippen LogP contribution in [-0.4, -0.2) is 28.4 Å². The highest BCUT2D eigenvalue weighted by Crippen LogP contribution is 2.23. The second-order valence-electron chi connectivity index (χ2n) is 5.47. The summed E-state index contributed by atoms with van der Waals surface area (Å²) in [6, 6.07) is 5.92. The molecule has 1 aromatic carbocycles. The lowest BCUT2D eigenvalue weighted by Gasteiger charge is -2.35. The van der Waals surface area contributed by atoms with Gasteiger partial charge in [-0.15, -0.1) is 0 Å². The van der Waals surface area contributed by atoms with Gasteiger partial charge < -0.3 is 9.32 Å². The van der Waals surface area contributed by atoms with Gasteiger partial charge in [-0.25, -0.2) is 4.98 Å². The number of aromatic nitrogens is 1. The average molecular weight is 272 g/mol. The average Bonchev–Trinajstić information content (AvgIpc) is 2.85. The minimum absolute atomic E-state index is 0.118. The van der Waals surface area contributed by atoms with Gasteiger partial charge in [0.2, 0.25) is 0 Å². The second-order valence-corrected chi connectivity index (χ2v) is 5.47. The van der Waals surface area contributed by atoms with Gasteiger partial charge in [-0.05, 0) is 43.9 Å². The van der Waals surface area contributed by atoms with E-state index in [1.165, 1.54) is 6.42 Å². The molecule has 0 spiro atoms. The summed E-state index contributed by atoms with van der Waals surface area (Å²) in [5, 5.41) is 0. The quantitative estimate of drug-likeness (QED) is 0.840. The molecule has 0 radical (unpaired) electrons. The Kier molecular flexibility index (Phi) is 3.47. The number of rotatable bonds is 2. The summed E-state index contributed by atoms with van der Waals surface area (Å²) in [5.74, 6) is 0.751. The summed E-state index contributed by atoms with van der Waals surface area (Å²) >= 11 is 0. The highest BCUT2D eigenvalue weighted by molar-refractivity contribution is 5.97. The molecule has 4 heteroatoms. The normalized spacial score (nSPS) is 19.5. The van der Waals surface area contributed by atoms with Crippen LogP contribution in [0.4, 0.5) is 0 Å². The Morgan fingerprint density at radius 2 is 2.30 bits per heavy atom. The third kappa shape index (κ3) is 2.30. The zero-order valence-electron chi connectivity index (χ0n) is 12.1. The van der Waals surface area contributed by atoms with Crippen molar-refractivity contribution in [2.45, 2.75) is 45.6 Å². The third-order valence-electron chi connectivity index (χ3n) is 4.10. The molecule has 1 fully saturated rings. The van der Waals surface area contributed by atoms with E-state index in [2.05, 4.69) is 11.9 Å². The third-order valence-corrected chi connectivity index (χ3v) is 4.10. The monoisotopic (exact) mass is 272 g/mol. The highest BCUT2D eigenvalue weighted by atomic mass is 16.3. The van der Waals surface area contributed by atoms with Crippen LogP contribution in [0, 0.1) is 6.92 Å². The fraction of sp³-hybridized carbons (Fsp3) is 0.500. The number of amides is 1. The van der Waals surface area contributed by atoms with Crippen LogP contribution in [0.15, 0.2) is 22.6 Å². The smallest absolute Gasteiger partial charge is 0.254 e. The molecule has 1 amide bonds. The number of carbonyl (C=O) groups excluding carboxylic acids is 1. The van der Waals surface area contributed by atoms with E-state index in [0.717, 1.165) is 31.3 Å². The Bertz CT molecular complexity index is 632. The van der Waals surface area contributed by atoms with Crippen molar-refractivity contribution in [3.05, 3.63) is 29.7 Å². The minimum atomic E-state index is 0.118. The molecule has 1 aromatic heterocycles. The van der Waals surface area contributed by atoms with E-state index in [9.17, 15) is 4.79 Å². The molecule has 1 unspecified atom stereocenters. The first-order chi connectivity index (χ1) is 9.69. The molecule has 1 aliphatic heterocycles. The summed E-state index contributed by atoms with van der Waals surface area (Å²) in [4.78, 5) is 19.0. The van der Waals surface area contributed by atoms with Crippen molar-refractivity contribution in [1.82, 2.24) is 9.88 Å². The number of hydrogen-bond donors (Lipinski definition) is 0. The van der Waals surface area contributed by atoms with E-state index in [-0.39, 0.29) is 5.91 Å². The van der Waals surface area contributed by atoms with E-state index in [4.69, 9.17) is 4.42 Å². The van der Waals surface area contributed by atoms with Crippen LogP contribution >= 0.6 is 0 Å². The van der Waals surface area contributed by atoms with E-state index in [1.807, 2.05) is 30.0 Å². The van der Waals surface area contributed by atoms with Crippen LogP contribution in [0.1, 0.15) is 48.9 Å². The standard InChI is InChI=1S/C16H20N2O2/c1-3-13-6-4-5-9-18(13)16(19)12-7-8-14-15(10-12)20-11(2)17-14/h7-8,10,13H,3-6,9H2,1-2H3. The lowest BCUT2D eigenvalue weighted by molar-refractivity contribution is 0.0608. The van der Waals surface area contributed by atoms with Gasteiger partial charge in [-0.1, -0.05) is 6.92 Å². The van der Waals surface area contributed by atoms with Gasteiger partial charge >= 0.3 is 0 Å². The first kappa shape index (κ1) is 13.2. The fourth-order valence-corrected chi connectivity index (χ4v) is 3.03. The number of benzene rings is 1. The van der Waals surface area contributed by atoms with Crippen molar-refractivity contribution in [2.75, 3.05) is 6.54 Å². The van der Waals surface area contributed by atoms with Gasteiger partial charge in [0.1, 0.15) is 5.52 Å². The molecule has 106 valence electrons. The molecular weight excluding hydrogens is 252 g/mol. The molecule has 0 saturated carbocycles. The maximum absolute atomic E-state index is 12.7. The summed E-state index contributed by atoms with van der Waals surface area (Å²) in [6.45, 7) is 4.84. The Labute approximate surface area is 118 Å². The number of likely N-dealkylation sites (tertiary alicyclic amines) is 1. The zero-order valence-corrected chi connectivity index (χ0v) is 12.1. The van der Waals surface area contributed by atoms with Crippen molar-refractivity contribution in [3.8, 4) is 0 Å². The number of oxazole rings is 1. The Morgan fingerprint density at radius 1 is 1.45 bits per heavy atom. The number of fused-ring (bicyclic) bond motifs is 1. The maximum atomic E-state index is 12.7. The number of aryl methyl sites for hydroxylation is 1. The Morgan fingerprint density at radius 3 is 3.10 bits per heavy atom. The van der Waals surface area contributed by atoms with Gasteiger partial charge in [-0.3, -0.25) is 4.79 Å². The molecule has 4 nitrogen and oxygen atoms in total. The van der Waals surface area contributed by atoms with Gasteiger partial charge in [0.25, 0.3) is 5.91 Å². The SMILES string of the molecule is CCC1CCCCN1C(=O)c1ccc2nc(C)oc2c1. The maximum Gasteiger partial charge on any atom is 0.254 e. The van der Waals surface area contributed by atoms with Crippen LogP contribution in [0.2, 0.25) is 0 Å². The lowest BCUT2D eigenvalue weighted by atomic mass is 9.99. The number of piperidine rings is 1. The highest BCUT2D eigenvalue weighted by Gasteiger charge is 2.26. The van der Waals surface area contributed by atoms with Crippen LogP contribution in [0.25, 0.3) is 11.1 Å². The number of nitrogens with zero attached hydrogens (tertiary/aromatic N) is 2. The van der Waals surface area contributed by atoms with Crippen LogP contribution in [0.5, 0.6) is 0 Å². The van der Waals surface area contributed by atoms with E-state index >= 15 is 0 Å². The lowest BCUT2D eigenvalue weighted by Crippen LogP contribution is -2.43. The van der Waals surface area contributed by atoms with Gasteiger partial charge in [0.15, 0.2) is 11.5 Å². The van der Waals surface area contributed by atoms with Gasteiger partial charge in [0, 0.05) is 25.1 Å². The second kappa shape index (κ2) is 5.27. The Hall–Kier alpha value is -1.84. The molecule has 1 saturated heterocycles. The number of carbonyl (C=O) groups is 1. The molecule has 1 atom stereocenters. The molecule has 20 heavy (non-hydrogen) atoms. The van der Waals surface area contributed by atoms with Crippen molar-refractivity contribution >= 4 is 17.0 Å². The molecule has 0 N–H and O–H groups in total. The molecule has 2 heterocycles. The molecular formula is C16H20N2O2. The molecule has 0 bridgehead atoms. The van der Waals surface area contributed by atoms with Gasteiger partial charge in [-0.2, -0.15) is 0 Å². The van der Waals surface area contributed by atoms with Crippen LogP contribution in [-0.2, 0) is 0 Å². The molecule has 3 rings (SSSR count). The fourth-order valence-electron chi connectivity index (χ4n) is 3.03. The van der Waals surface area contributed by atoms with Gasteiger partial charge in [0.05, 0.1) is 0 Å². The van der Waals surface area contributed by atoms with Crippen molar-refractivity contribution in [3.63, 3.8) is 0 Å². The van der Waals surface area contributed by atoms with Crippen molar-refractivity contribution in [2.24, 2.45) is 0 Å². The van der Waals surface area contributed by atoms with E-state index < -0.39 is 0 Å². The van der Waals surface area contributed by atoms with Crippen molar-refractivity contribution < 1.29 is 9.21 Å². The zero-order chi connectivity index (χ0) is 14.1. The first-order valence-electron chi connectivity index (χ1n) is 7.37. The van der Waals surface area contributed by atoms with E-state index in [1.54, 1.807) is 0 Å². The van der Waals surface area contributed by atoms with Crippen molar-refractivity contribution in [1.29, 1.82) is 0 Å². The van der Waals surface area contributed by atoms with Crippen LogP contribution in [0.3, 0.4) is 0 Å². The minimum Gasteiger partial charge on any atom is -0.441 e. The predicted molar refractivity (Wildman–Crippen MR) is 77.7 cm³/mol.